The van der Waals surface area contributed by atoms with Crippen LogP contribution in [0.25, 0.3) is 0 Å². The van der Waals surface area contributed by atoms with Crippen molar-refractivity contribution in [3.05, 3.63) is 29.0 Å². The molecule has 1 saturated carbocycles. The van der Waals surface area contributed by atoms with E-state index in [9.17, 15) is 18.8 Å². The lowest BCUT2D eigenvalue weighted by Gasteiger charge is -2.35. The van der Waals surface area contributed by atoms with Gasteiger partial charge in [0.25, 0.3) is 5.91 Å². The van der Waals surface area contributed by atoms with Gasteiger partial charge in [-0.3, -0.25) is 19.3 Å². The molecule has 3 rings (SSSR count). The maximum absolute atomic E-state index is 14.4. The van der Waals surface area contributed by atoms with Crippen molar-refractivity contribution in [3.63, 3.8) is 0 Å². The third-order valence-electron chi connectivity index (χ3n) is 5.09. The number of anilines is 1. The highest BCUT2D eigenvalue weighted by molar-refractivity contribution is 6.48. The van der Waals surface area contributed by atoms with Crippen molar-refractivity contribution in [1.29, 1.82) is 0 Å². The lowest BCUT2D eigenvalue weighted by atomic mass is 9.77. The van der Waals surface area contributed by atoms with Gasteiger partial charge in [0.1, 0.15) is 17.5 Å². The van der Waals surface area contributed by atoms with E-state index in [4.69, 9.17) is 11.6 Å². The predicted octanol–water partition coefficient (Wildman–Crippen LogP) is 3.55. The minimum Gasteiger partial charge on any atom is -0.299 e. The molecule has 0 spiro atoms. The van der Waals surface area contributed by atoms with Gasteiger partial charge in [-0.1, -0.05) is 30.9 Å². The van der Waals surface area contributed by atoms with Gasteiger partial charge in [-0.25, -0.2) is 4.39 Å². The summed E-state index contributed by atoms with van der Waals surface area (Å²) < 4.78 is 14.4. The Labute approximate surface area is 145 Å². The molecule has 0 radical (unpaired) electrons. The number of hydrogen-bond donors (Lipinski definition) is 0. The van der Waals surface area contributed by atoms with Crippen LogP contribution in [-0.2, 0) is 14.4 Å². The average Bonchev–Trinajstić information content (AvgIpc) is 2.81. The van der Waals surface area contributed by atoms with Gasteiger partial charge < -0.3 is 0 Å². The van der Waals surface area contributed by atoms with Gasteiger partial charge in [-0.2, -0.15) is 0 Å². The van der Waals surface area contributed by atoms with Crippen molar-refractivity contribution in [2.75, 3.05) is 4.90 Å². The van der Waals surface area contributed by atoms with Crippen LogP contribution in [0.15, 0.2) is 18.2 Å². The van der Waals surface area contributed by atoms with E-state index in [2.05, 4.69) is 0 Å². The van der Waals surface area contributed by atoms with Gasteiger partial charge in [0.2, 0.25) is 5.78 Å². The highest BCUT2D eigenvalue weighted by Gasteiger charge is 2.53. The molecule has 128 valence electrons. The van der Waals surface area contributed by atoms with E-state index in [1.807, 2.05) is 0 Å². The van der Waals surface area contributed by atoms with Crippen LogP contribution < -0.4 is 4.90 Å². The summed E-state index contributed by atoms with van der Waals surface area (Å²) in [7, 11) is 0. The van der Waals surface area contributed by atoms with Crippen LogP contribution in [0.5, 0.6) is 0 Å². The fraction of sp³-hybridized carbons (Fsp3) is 0.500. The fourth-order valence-electron chi connectivity index (χ4n) is 4.02. The van der Waals surface area contributed by atoms with E-state index in [0.717, 1.165) is 38.2 Å². The van der Waals surface area contributed by atoms with Crippen molar-refractivity contribution in [2.45, 2.75) is 45.1 Å². The number of halogens is 2. The van der Waals surface area contributed by atoms with Crippen molar-refractivity contribution >= 4 is 34.8 Å². The van der Waals surface area contributed by atoms with Gasteiger partial charge in [-0.15, -0.1) is 0 Å². The molecule has 1 aromatic rings. The molecule has 1 heterocycles. The van der Waals surface area contributed by atoms with Crippen molar-refractivity contribution in [1.82, 2.24) is 0 Å². The number of carbonyl (C=O) groups excluding carboxylic acids is 3. The summed E-state index contributed by atoms with van der Waals surface area (Å²) in [5, 5.41) is 0.214. The Bertz CT molecular complexity index is 700. The maximum Gasteiger partial charge on any atom is 0.295 e. The second-order valence-electron chi connectivity index (χ2n) is 6.61. The molecule has 2 fully saturated rings. The van der Waals surface area contributed by atoms with Gasteiger partial charge >= 0.3 is 0 Å². The lowest BCUT2D eigenvalue weighted by Crippen LogP contribution is -2.43. The van der Waals surface area contributed by atoms with Gasteiger partial charge in [0.15, 0.2) is 0 Å². The first-order valence-electron chi connectivity index (χ1n) is 8.24. The van der Waals surface area contributed by atoms with Gasteiger partial charge in [0, 0.05) is 5.02 Å². The molecule has 0 N–H and O–H groups in total. The lowest BCUT2D eigenvalue weighted by molar-refractivity contribution is -0.138. The monoisotopic (exact) mass is 351 g/mol. The molecule has 24 heavy (non-hydrogen) atoms. The molecule has 6 heteroatoms. The summed E-state index contributed by atoms with van der Waals surface area (Å²) in [6.07, 6.45) is 4.75. The molecule has 1 aliphatic heterocycles. The number of amides is 1. The highest BCUT2D eigenvalue weighted by atomic mass is 35.5. The third-order valence-corrected chi connectivity index (χ3v) is 5.33. The number of nitrogens with zero attached hydrogens (tertiary/aromatic N) is 1. The Morgan fingerprint density at radius 2 is 1.88 bits per heavy atom. The Hall–Kier alpha value is -1.75. The Balaban J connectivity index is 2.07. The normalized spacial score (nSPS) is 25.4. The molecule has 1 unspecified atom stereocenters. The van der Waals surface area contributed by atoms with Crippen molar-refractivity contribution in [3.8, 4) is 0 Å². The van der Waals surface area contributed by atoms with E-state index in [1.165, 1.54) is 24.0 Å². The van der Waals surface area contributed by atoms with Crippen LogP contribution in [-0.4, -0.2) is 23.5 Å². The number of hydrogen-bond acceptors (Lipinski definition) is 3. The van der Waals surface area contributed by atoms with E-state index >= 15 is 0 Å². The minimum absolute atomic E-state index is 0.0251. The van der Waals surface area contributed by atoms with Crippen LogP contribution in [0.1, 0.15) is 39.0 Å². The molecule has 1 aliphatic carbocycles. The Morgan fingerprint density at radius 1 is 1.21 bits per heavy atom. The van der Waals surface area contributed by atoms with E-state index in [0.29, 0.717) is 0 Å². The Kier molecular flexibility index (Phi) is 4.72. The summed E-state index contributed by atoms with van der Waals surface area (Å²) in [6.45, 7) is 1.33. The standard InChI is InChI=1S/C18H19ClFNO3/c1-10(22)15-16(11-5-3-2-4-6-11)21(18(24)17(15)23)14-8-7-12(19)9-13(14)20/h7-9,11,15-16H,2-6H2,1H3/t15?,16-/m0/s1. The van der Waals surface area contributed by atoms with Crippen LogP contribution >= 0.6 is 11.6 Å². The van der Waals surface area contributed by atoms with Crippen LogP contribution in [0, 0.1) is 17.7 Å². The zero-order chi connectivity index (χ0) is 17.4. The molecule has 1 amide bonds. The van der Waals surface area contributed by atoms with E-state index in [1.54, 1.807) is 0 Å². The maximum atomic E-state index is 14.4. The summed E-state index contributed by atoms with van der Waals surface area (Å²) in [5.41, 5.74) is 0.0251. The first-order chi connectivity index (χ1) is 11.4. The molecule has 1 saturated heterocycles. The van der Waals surface area contributed by atoms with Gasteiger partial charge in [-0.05, 0) is 43.9 Å². The summed E-state index contributed by atoms with van der Waals surface area (Å²) in [5.74, 6) is -3.50. The molecular weight excluding hydrogens is 333 g/mol. The number of Topliss-reactive ketones (excluding diaryl/α,β-unsaturated/α-hetero) is 2. The molecular formula is C18H19ClFNO3. The largest absolute Gasteiger partial charge is 0.299 e. The second kappa shape index (κ2) is 6.63. The summed E-state index contributed by atoms with van der Waals surface area (Å²) in [4.78, 5) is 38.2. The smallest absolute Gasteiger partial charge is 0.295 e. The number of benzene rings is 1. The number of carbonyl (C=O) groups is 3. The molecule has 4 nitrogen and oxygen atoms in total. The highest BCUT2D eigenvalue weighted by Crippen LogP contribution is 2.40. The zero-order valence-electron chi connectivity index (χ0n) is 13.4. The molecule has 0 bridgehead atoms. The van der Waals surface area contributed by atoms with Crippen LogP contribution in [0.4, 0.5) is 10.1 Å². The first-order valence-corrected chi connectivity index (χ1v) is 8.62. The van der Waals surface area contributed by atoms with Gasteiger partial charge in [0.05, 0.1) is 11.7 Å². The molecule has 1 aromatic carbocycles. The number of ketones is 2. The summed E-state index contributed by atoms with van der Waals surface area (Å²) >= 11 is 5.79. The second-order valence-corrected chi connectivity index (χ2v) is 7.05. The van der Waals surface area contributed by atoms with E-state index in [-0.39, 0.29) is 22.4 Å². The molecule has 2 atom stereocenters. The Morgan fingerprint density at radius 3 is 2.46 bits per heavy atom. The topological polar surface area (TPSA) is 54.5 Å². The first kappa shape index (κ1) is 17.1. The minimum atomic E-state index is -1.00. The SMILES string of the molecule is CC(=O)C1C(=O)C(=O)N(c2ccc(Cl)cc2F)[C@H]1C1CCCCC1. The summed E-state index contributed by atoms with van der Waals surface area (Å²) in [6, 6.07) is 3.41. The average molecular weight is 352 g/mol. The zero-order valence-corrected chi connectivity index (χ0v) is 14.2. The van der Waals surface area contributed by atoms with Crippen molar-refractivity contribution in [2.24, 2.45) is 11.8 Å². The van der Waals surface area contributed by atoms with Crippen LogP contribution in [0.2, 0.25) is 5.02 Å². The fourth-order valence-corrected chi connectivity index (χ4v) is 4.18. The third kappa shape index (κ3) is 2.86. The molecule has 2 aliphatic rings. The predicted molar refractivity (Wildman–Crippen MR) is 88.4 cm³/mol. The number of rotatable bonds is 3. The quantitative estimate of drug-likeness (QED) is 0.618. The molecule has 0 aromatic heterocycles. The van der Waals surface area contributed by atoms with Crippen molar-refractivity contribution < 1.29 is 18.8 Å². The van der Waals surface area contributed by atoms with Crippen LogP contribution in [0.3, 0.4) is 0 Å². The van der Waals surface area contributed by atoms with E-state index < -0.39 is 29.5 Å².